The van der Waals surface area contributed by atoms with Gasteiger partial charge in [0.1, 0.15) is 6.04 Å². The molecule has 0 radical (unpaired) electrons. The first kappa shape index (κ1) is 15.5. The molecule has 6 nitrogen and oxygen atoms in total. The summed E-state index contributed by atoms with van der Waals surface area (Å²) in [5, 5.41) is 13.8. The van der Waals surface area contributed by atoms with Crippen molar-refractivity contribution in [3.63, 3.8) is 0 Å². The number of hydrogen-bond donors (Lipinski definition) is 3. The van der Waals surface area contributed by atoms with E-state index in [1.807, 2.05) is 0 Å². The average molecular weight is 270 g/mol. The molecule has 0 spiro atoms. The monoisotopic (exact) mass is 270 g/mol. The molecule has 3 N–H and O–H groups in total. The van der Waals surface area contributed by atoms with Crippen molar-refractivity contribution in [2.24, 2.45) is 5.92 Å². The minimum atomic E-state index is -1.07. The van der Waals surface area contributed by atoms with E-state index in [1.54, 1.807) is 6.92 Å². The second-order valence-corrected chi connectivity index (χ2v) is 5.22. The van der Waals surface area contributed by atoms with Gasteiger partial charge in [-0.05, 0) is 26.7 Å². The van der Waals surface area contributed by atoms with Crippen LogP contribution in [0.1, 0.15) is 46.0 Å². The van der Waals surface area contributed by atoms with E-state index in [4.69, 9.17) is 5.11 Å². The van der Waals surface area contributed by atoms with Gasteiger partial charge in [0.25, 0.3) is 0 Å². The van der Waals surface area contributed by atoms with Crippen LogP contribution in [0.2, 0.25) is 0 Å². The van der Waals surface area contributed by atoms with Crippen LogP contribution in [-0.2, 0) is 14.4 Å². The molecule has 0 aliphatic heterocycles. The van der Waals surface area contributed by atoms with Crippen LogP contribution < -0.4 is 10.6 Å². The standard InChI is InChI=1S/C13H22N2O4/c1-8(7-11(16)15-9(2)13(18)19)14-12(17)10-5-3-4-6-10/h8-10H,3-7H2,1-2H3,(H,14,17)(H,15,16)(H,18,19)/t8?,9-/m0/s1. The molecule has 0 saturated heterocycles. The lowest BCUT2D eigenvalue weighted by molar-refractivity contribution is -0.141. The molecule has 1 saturated carbocycles. The molecule has 19 heavy (non-hydrogen) atoms. The second-order valence-electron chi connectivity index (χ2n) is 5.22. The molecule has 0 aromatic rings. The van der Waals surface area contributed by atoms with E-state index in [9.17, 15) is 14.4 Å². The normalized spacial score (nSPS) is 18.6. The molecule has 2 atom stereocenters. The van der Waals surface area contributed by atoms with Crippen molar-refractivity contribution < 1.29 is 19.5 Å². The summed E-state index contributed by atoms with van der Waals surface area (Å²) in [5.74, 6) is -1.36. The average Bonchev–Trinajstić information content (AvgIpc) is 2.81. The predicted octanol–water partition coefficient (Wildman–Crippen LogP) is 0.661. The number of carboxylic acid groups (broad SMARTS) is 1. The van der Waals surface area contributed by atoms with Crippen LogP contribution >= 0.6 is 0 Å². The van der Waals surface area contributed by atoms with Gasteiger partial charge in [0.2, 0.25) is 11.8 Å². The van der Waals surface area contributed by atoms with E-state index in [1.165, 1.54) is 6.92 Å². The van der Waals surface area contributed by atoms with Gasteiger partial charge in [-0.25, -0.2) is 0 Å². The van der Waals surface area contributed by atoms with Crippen molar-refractivity contribution in [2.45, 2.75) is 58.0 Å². The van der Waals surface area contributed by atoms with E-state index in [0.29, 0.717) is 0 Å². The Balaban J connectivity index is 2.29. The fraction of sp³-hybridized carbons (Fsp3) is 0.769. The van der Waals surface area contributed by atoms with Gasteiger partial charge in [-0.3, -0.25) is 14.4 Å². The van der Waals surface area contributed by atoms with Crippen LogP contribution in [0.5, 0.6) is 0 Å². The Kier molecular flexibility index (Phi) is 5.79. The fourth-order valence-corrected chi connectivity index (χ4v) is 2.24. The Morgan fingerprint density at radius 1 is 1.16 bits per heavy atom. The van der Waals surface area contributed by atoms with Crippen molar-refractivity contribution >= 4 is 17.8 Å². The fourth-order valence-electron chi connectivity index (χ4n) is 2.24. The number of amides is 2. The van der Waals surface area contributed by atoms with Crippen LogP contribution in [0.15, 0.2) is 0 Å². The van der Waals surface area contributed by atoms with Crippen molar-refractivity contribution in [1.82, 2.24) is 10.6 Å². The molecule has 1 unspecified atom stereocenters. The van der Waals surface area contributed by atoms with Gasteiger partial charge in [0, 0.05) is 18.4 Å². The first-order valence-corrected chi connectivity index (χ1v) is 6.72. The number of aliphatic carboxylic acids is 1. The predicted molar refractivity (Wildman–Crippen MR) is 69.4 cm³/mol. The highest BCUT2D eigenvalue weighted by molar-refractivity contribution is 5.84. The van der Waals surface area contributed by atoms with Gasteiger partial charge >= 0.3 is 5.97 Å². The second kappa shape index (κ2) is 7.11. The Labute approximate surface area is 112 Å². The van der Waals surface area contributed by atoms with Crippen LogP contribution in [0.25, 0.3) is 0 Å². The minimum absolute atomic E-state index is 0.00378. The highest BCUT2D eigenvalue weighted by Crippen LogP contribution is 2.24. The lowest BCUT2D eigenvalue weighted by Crippen LogP contribution is -2.43. The molecule has 0 aromatic heterocycles. The maximum absolute atomic E-state index is 11.8. The molecular weight excluding hydrogens is 248 g/mol. The molecule has 6 heteroatoms. The summed E-state index contributed by atoms with van der Waals surface area (Å²) >= 11 is 0. The number of carboxylic acids is 1. The Hall–Kier alpha value is -1.59. The zero-order chi connectivity index (χ0) is 14.4. The zero-order valence-corrected chi connectivity index (χ0v) is 11.4. The molecule has 0 bridgehead atoms. The Morgan fingerprint density at radius 3 is 2.26 bits per heavy atom. The summed E-state index contributed by atoms with van der Waals surface area (Å²) in [4.78, 5) is 34.0. The number of hydrogen-bond acceptors (Lipinski definition) is 3. The number of nitrogens with one attached hydrogen (secondary N) is 2. The highest BCUT2D eigenvalue weighted by atomic mass is 16.4. The molecule has 108 valence electrons. The molecule has 0 heterocycles. The topological polar surface area (TPSA) is 95.5 Å². The van der Waals surface area contributed by atoms with Crippen molar-refractivity contribution in [1.29, 1.82) is 0 Å². The van der Waals surface area contributed by atoms with E-state index in [-0.39, 0.29) is 30.2 Å². The Bertz CT molecular complexity index is 351. The summed E-state index contributed by atoms with van der Waals surface area (Å²) in [5.41, 5.74) is 0. The minimum Gasteiger partial charge on any atom is -0.480 e. The summed E-state index contributed by atoms with van der Waals surface area (Å²) in [7, 11) is 0. The first-order valence-electron chi connectivity index (χ1n) is 6.72. The highest BCUT2D eigenvalue weighted by Gasteiger charge is 2.24. The van der Waals surface area contributed by atoms with Crippen LogP contribution in [0.3, 0.4) is 0 Å². The first-order chi connectivity index (χ1) is 8.90. The summed E-state index contributed by atoms with van der Waals surface area (Å²) < 4.78 is 0. The van der Waals surface area contributed by atoms with Crippen molar-refractivity contribution in [2.75, 3.05) is 0 Å². The molecule has 1 aliphatic carbocycles. The number of rotatable bonds is 6. The number of carbonyl (C=O) groups is 3. The van der Waals surface area contributed by atoms with Crippen LogP contribution in [-0.4, -0.2) is 35.0 Å². The lowest BCUT2D eigenvalue weighted by atomic mass is 10.1. The molecule has 1 aliphatic rings. The van der Waals surface area contributed by atoms with Gasteiger partial charge in [0.15, 0.2) is 0 Å². The summed E-state index contributed by atoms with van der Waals surface area (Å²) in [6.07, 6.45) is 4.10. The summed E-state index contributed by atoms with van der Waals surface area (Å²) in [6.45, 7) is 3.15. The SMILES string of the molecule is CC(CC(=O)N[C@@H](C)C(=O)O)NC(=O)C1CCCC1. The largest absolute Gasteiger partial charge is 0.480 e. The number of carbonyl (C=O) groups excluding carboxylic acids is 2. The Morgan fingerprint density at radius 2 is 1.74 bits per heavy atom. The van der Waals surface area contributed by atoms with E-state index >= 15 is 0 Å². The molecular formula is C13H22N2O4. The third-order valence-corrected chi connectivity index (χ3v) is 3.35. The van der Waals surface area contributed by atoms with E-state index in [0.717, 1.165) is 25.7 Å². The van der Waals surface area contributed by atoms with Crippen molar-refractivity contribution in [3.05, 3.63) is 0 Å². The zero-order valence-electron chi connectivity index (χ0n) is 11.4. The van der Waals surface area contributed by atoms with Crippen LogP contribution in [0, 0.1) is 5.92 Å². The summed E-state index contributed by atoms with van der Waals surface area (Å²) in [6, 6.07) is -1.20. The third-order valence-electron chi connectivity index (χ3n) is 3.35. The van der Waals surface area contributed by atoms with Gasteiger partial charge in [-0.15, -0.1) is 0 Å². The third kappa shape index (κ3) is 5.28. The smallest absolute Gasteiger partial charge is 0.325 e. The van der Waals surface area contributed by atoms with Gasteiger partial charge < -0.3 is 15.7 Å². The molecule has 0 aromatic carbocycles. The van der Waals surface area contributed by atoms with E-state index in [2.05, 4.69) is 10.6 Å². The molecule has 1 fully saturated rings. The van der Waals surface area contributed by atoms with Crippen molar-refractivity contribution in [3.8, 4) is 0 Å². The van der Waals surface area contributed by atoms with Gasteiger partial charge in [-0.1, -0.05) is 12.8 Å². The maximum atomic E-state index is 11.8. The van der Waals surface area contributed by atoms with Gasteiger partial charge in [-0.2, -0.15) is 0 Å². The molecule has 2 amide bonds. The van der Waals surface area contributed by atoms with Gasteiger partial charge in [0.05, 0.1) is 0 Å². The molecule has 1 rings (SSSR count). The van der Waals surface area contributed by atoms with Crippen LogP contribution in [0.4, 0.5) is 0 Å². The quantitative estimate of drug-likeness (QED) is 0.660. The lowest BCUT2D eigenvalue weighted by Gasteiger charge is -2.17. The van der Waals surface area contributed by atoms with E-state index < -0.39 is 12.0 Å². The maximum Gasteiger partial charge on any atom is 0.325 e.